The Labute approximate surface area is 192 Å². The predicted octanol–water partition coefficient (Wildman–Crippen LogP) is 5.72. The van der Waals surface area contributed by atoms with Crippen LogP contribution in [0.4, 0.5) is 18.9 Å². The maximum atomic E-state index is 12.7. The topological polar surface area (TPSA) is 72.7 Å². The molecule has 0 aliphatic heterocycles. The van der Waals surface area contributed by atoms with Crippen molar-refractivity contribution in [1.29, 1.82) is 0 Å². The SMILES string of the molecule is Cc1cc(C)nc(Cn2nc(C)c3c(Cl)c(C(=O)Nc4ccc(C(F)(F)F)cc4)cnc32)c1. The highest BCUT2D eigenvalue weighted by Gasteiger charge is 2.30. The molecule has 1 aromatic carbocycles. The zero-order valence-corrected chi connectivity index (χ0v) is 18.7. The summed E-state index contributed by atoms with van der Waals surface area (Å²) in [4.78, 5) is 21.7. The third-order valence-electron chi connectivity index (χ3n) is 5.05. The van der Waals surface area contributed by atoms with Gasteiger partial charge >= 0.3 is 6.18 Å². The van der Waals surface area contributed by atoms with Crippen molar-refractivity contribution < 1.29 is 18.0 Å². The Bertz CT molecular complexity index is 1340. The average molecular weight is 474 g/mol. The minimum atomic E-state index is -4.45. The lowest BCUT2D eigenvalue weighted by Crippen LogP contribution is -2.14. The monoisotopic (exact) mass is 473 g/mol. The van der Waals surface area contributed by atoms with Gasteiger partial charge in [0.2, 0.25) is 0 Å². The van der Waals surface area contributed by atoms with Crippen LogP contribution in [0.2, 0.25) is 5.02 Å². The largest absolute Gasteiger partial charge is 0.416 e. The Kier molecular flexibility index (Phi) is 5.84. The van der Waals surface area contributed by atoms with Crippen molar-refractivity contribution >= 4 is 34.2 Å². The summed E-state index contributed by atoms with van der Waals surface area (Å²) in [6.45, 7) is 6.05. The van der Waals surface area contributed by atoms with Crippen LogP contribution in [0.15, 0.2) is 42.6 Å². The number of fused-ring (bicyclic) bond motifs is 1. The lowest BCUT2D eigenvalue weighted by molar-refractivity contribution is -0.137. The molecule has 170 valence electrons. The summed E-state index contributed by atoms with van der Waals surface area (Å²) in [5.41, 5.74) is 3.39. The number of rotatable bonds is 4. The van der Waals surface area contributed by atoms with E-state index in [1.165, 1.54) is 18.3 Å². The summed E-state index contributed by atoms with van der Waals surface area (Å²) in [6, 6.07) is 8.10. The molecule has 0 atom stereocenters. The van der Waals surface area contributed by atoms with Crippen molar-refractivity contribution in [3.05, 3.63) is 81.4 Å². The van der Waals surface area contributed by atoms with Gasteiger partial charge in [0.15, 0.2) is 5.65 Å². The summed E-state index contributed by atoms with van der Waals surface area (Å²) in [7, 11) is 0. The fraction of sp³-hybridized carbons (Fsp3) is 0.217. The van der Waals surface area contributed by atoms with Gasteiger partial charge in [-0.3, -0.25) is 9.78 Å². The number of nitrogens with zero attached hydrogens (tertiary/aromatic N) is 4. The van der Waals surface area contributed by atoms with Gasteiger partial charge in [-0.2, -0.15) is 18.3 Å². The van der Waals surface area contributed by atoms with E-state index in [0.29, 0.717) is 23.3 Å². The zero-order chi connectivity index (χ0) is 23.9. The smallest absolute Gasteiger partial charge is 0.322 e. The van der Waals surface area contributed by atoms with E-state index >= 15 is 0 Å². The molecule has 0 saturated heterocycles. The number of hydrogen-bond donors (Lipinski definition) is 1. The van der Waals surface area contributed by atoms with Crippen LogP contribution in [0.5, 0.6) is 0 Å². The Morgan fingerprint density at radius 3 is 2.45 bits per heavy atom. The maximum Gasteiger partial charge on any atom is 0.416 e. The first kappa shape index (κ1) is 22.7. The first-order valence-corrected chi connectivity index (χ1v) is 10.3. The van der Waals surface area contributed by atoms with Gasteiger partial charge in [0.05, 0.1) is 39.5 Å². The second kappa shape index (κ2) is 8.47. The van der Waals surface area contributed by atoms with Gasteiger partial charge in [-0.1, -0.05) is 11.6 Å². The van der Waals surface area contributed by atoms with E-state index in [9.17, 15) is 18.0 Å². The highest BCUT2D eigenvalue weighted by Crippen LogP contribution is 2.31. The summed E-state index contributed by atoms with van der Waals surface area (Å²) < 4.78 is 39.9. The van der Waals surface area contributed by atoms with Crippen LogP contribution in [0.3, 0.4) is 0 Å². The number of nitrogens with one attached hydrogen (secondary N) is 1. The molecule has 0 aliphatic rings. The van der Waals surface area contributed by atoms with Crippen LogP contribution in [0.25, 0.3) is 11.0 Å². The molecular weight excluding hydrogens is 455 g/mol. The molecule has 0 fully saturated rings. The number of aromatic nitrogens is 4. The van der Waals surface area contributed by atoms with Gasteiger partial charge in [-0.15, -0.1) is 0 Å². The number of alkyl halides is 3. The van der Waals surface area contributed by atoms with E-state index in [0.717, 1.165) is 29.1 Å². The average Bonchev–Trinajstić information content (AvgIpc) is 3.03. The van der Waals surface area contributed by atoms with E-state index in [4.69, 9.17) is 11.6 Å². The first-order chi connectivity index (χ1) is 15.5. The van der Waals surface area contributed by atoms with Crippen LogP contribution in [-0.2, 0) is 12.7 Å². The standard InChI is InChI=1S/C23H19ClF3N5O/c1-12-8-13(2)29-17(9-12)11-32-21-19(14(3)31-32)20(24)18(10-28-21)22(33)30-16-6-4-15(5-7-16)23(25,26)27/h4-10H,11H2,1-3H3,(H,30,33). The molecule has 6 nitrogen and oxygen atoms in total. The van der Waals surface area contributed by atoms with Crippen LogP contribution in [0.1, 0.15) is 38.6 Å². The molecule has 0 saturated carbocycles. The van der Waals surface area contributed by atoms with Gasteiger partial charge in [0, 0.05) is 17.6 Å². The molecule has 4 aromatic rings. The lowest BCUT2D eigenvalue weighted by atomic mass is 10.1. The second-order valence-corrected chi connectivity index (χ2v) is 8.11. The molecule has 3 heterocycles. The van der Waals surface area contributed by atoms with Gasteiger partial charge in [-0.25, -0.2) is 9.67 Å². The molecule has 33 heavy (non-hydrogen) atoms. The number of hydrogen-bond acceptors (Lipinski definition) is 4. The van der Waals surface area contributed by atoms with E-state index in [1.54, 1.807) is 11.6 Å². The molecule has 4 rings (SSSR count). The van der Waals surface area contributed by atoms with Gasteiger partial charge in [0.25, 0.3) is 5.91 Å². The van der Waals surface area contributed by atoms with E-state index in [2.05, 4.69) is 20.4 Å². The molecule has 1 N–H and O–H groups in total. The van der Waals surface area contributed by atoms with Gasteiger partial charge in [-0.05, 0) is 62.7 Å². The minimum absolute atomic E-state index is 0.0937. The minimum Gasteiger partial charge on any atom is -0.322 e. The first-order valence-electron chi connectivity index (χ1n) is 9.97. The Morgan fingerprint density at radius 2 is 1.82 bits per heavy atom. The molecule has 0 spiro atoms. The van der Waals surface area contributed by atoms with E-state index in [-0.39, 0.29) is 16.3 Å². The summed E-state index contributed by atoms with van der Waals surface area (Å²) >= 11 is 6.54. The Hall–Kier alpha value is -3.46. The van der Waals surface area contributed by atoms with Crippen molar-refractivity contribution in [3.8, 4) is 0 Å². The number of carbonyl (C=O) groups is 1. The van der Waals surface area contributed by atoms with Crippen LogP contribution < -0.4 is 5.32 Å². The fourth-order valence-corrected chi connectivity index (χ4v) is 4.00. The molecule has 0 aliphatic carbocycles. The summed E-state index contributed by atoms with van der Waals surface area (Å²) in [5, 5.41) is 7.76. The van der Waals surface area contributed by atoms with Crippen molar-refractivity contribution in [1.82, 2.24) is 19.7 Å². The molecule has 0 bridgehead atoms. The maximum absolute atomic E-state index is 12.7. The van der Waals surface area contributed by atoms with Gasteiger partial charge in [0.1, 0.15) is 0 Å². The van der Waals surface area contributed by atoms with Gasteiger partial charge < -0.3 is 5.32 Å². The molecule has 3 aromatic heterocycles. The Balaban J connectivity index is 1.63. The quantitative estimate of drug-likeness (QED) is 0.411. The third-order valence-corrected chi connectivity index (χ3v) is 5.44. The number of benzene rings is 1. The number of amides is 1. The Morgan fingerprint density at radius 1 is 1.12 bits per heavy atom. The normalized spacial score (nSPS) is 11.7. The summed E-state index contributed by atoms with van der Waals surface area (Å²) in [5.74, 6) is -0.586. The molecule has 1 amide bonds. The molecule has 0 radical (unpaired) electrons. The second-order valence-electron chi connectivity index (χ2n) is 7.73. The van der Waals surface area contributed by atoms with Crippen molar-refractivity contribution in [3.63, 3.8) is 0 Å². The molecule has 0 unspecified atom stereocenters. The number of aryl methyl sites for hydroxylation is 3. The number of anilines is 1. The van der Waals surface area contributed by atoms with E-state index < -0.39 is 17.6 Å². The zero-order valence-electron chi connectivity index (χ0n) is 18.0. The number of pyridine rings is 2. The predicted molar refractivity (Wildman–Crippen MR) is 119 cm³/mol. The third kappa shape index (κ3) is 4.68. The number of carbonyl (C=O) groups excluding carboxylic acids is 1. The van der Waals surface area contributed by atoms with Crippen molar-refractivity contribution in [2.45, 2.75) is 33.5 Å². The van der Waals surface area contributed by atoms with Crippen LogP contribution in [-0.4, -0.2) is 25.7 Å². The highest BCUT2D eigenvalue weighted by atomic mass is 35.5. The van der Waals surface area contributed by atoms with Crippen LogP contribution >= 0.6 is 11.6 Å². The highest BCUT2D eigenvalue weighted by molar-refractivity contribution is 6.39. The van der Waals surface area contributed by atoms with Crippen LogP contribution in [0, 0.1) is 20.8 Å². The fourth-order valence-electron chi connectivity index (χ4n) is 3.64. The number of halogens is 4. The molecule has 10 heteroatoms. The summed E-state index contributed by atoms with van der Waals surface area (Å²) in [6.07, 6.45) is -3.12. The lowest BCUT2D eigenvalue weighted by Gasteiger charge is -2.10. The van der Waals surface area contributed by atoms with Crippen molar-refractivity contribution in [2.24, 2.45) is 0 Å². The van der Waals surface area contributed by atoms with Crippen molar-refractivity contribution in [2.75, 3.05) is 5.32 Å². The molecular formula is C23H19ClF3N5O. The van der Waals surface area contributed by atoms with E-state index in [1.807, 2.05) is 26.0 Å².